The van der Waals surface area contributed by atoms with Crippen LogP contribution in [0, 0.1) is 11.3 Å². The van der Waals surface area contributed by atoms with Gasteiger partial charge in [0, 0.05) is 0 Å². The summed E-state index contributed by atoms with van der Waals surface area (Å²) >= 11 is 0. The van der Waals surface area contributed by atoms with E-state index >= 15 is 0 Å². The van der Waals surface area contributed by atoms with E-state index in [1.807, 2.05) is 36.4 Å². The lowest BCUT2D eigenvalue weighted by Gasteiger charge is -2.20. The van der Waals surface area contributed by atoms with E-state index in [1.165, 1.54) is 0 Å². The third-order valence-corrected chi connectivity index (χ3v) is 8.03. The largest absolute Gasteiger partial charge is 0.497 e. The number of ether oxygens (including phenoxy) is 1. The average Bonchev–Trinajstić information content (AvgIpc) is 3.24. The molecular weight excluding hydrogens is 430 g/mol. The molecular formula is C28H21NO3S. The predicted octanol–water partition coefficient (Wildman–Crippen LogP) is 5.75. The molecule has 0 N–H and O–H groups in total. The van der Waals surface area contributed by atoms with Crippen LogP contribution in [-0.4, -0.2) is 15.5 Å². The monoisotopic (exact) mass is 451 g/mol. The second-order valence-electron chi connectivity index (χ2n) is 7.99. The maximum Gasteiger partial charge on any atom is 0.206 e. The molecule has 5 heteroatoms. The summed E-state index contributed by atoms with van der Waals surface area (Å²) in [4.78, 5) is 0.399. The Bertz CT molecular complexity index is 1480. The minimum atomic E-state index is -3.83. The van der Waals surface area contributed by atoms with Gasteiger partial charge in [-0.05, 0) is 70.1 Å². The van der Waals surface area contributed by atoms with E-state index in [4.69, 9.17) is 4.74 Å². The zero-order chi connectivity index (χ0) is 23.0. The lowest BCUT2D eigenvalue weighted by molar-refractivity contribution is 0.414. The summed E-state index contributed by atoms with van der Waals surface area (Å²) in [6.45, 7) is 0. The highest BCUT2D eigenvalue weighted by atomic mass is 32.2. The van der Waals surface area contributed by atoms with Crippen molar-refractivity contribution < 1.29 is 13.2 Å². The lowest BCUT2D eigenvalue weighted by atomic mass is 9.87. The molecule has 162 valence electrons. The molecule has 4 nitrogen and oxygen atoms in total. The van der Waals surface area contributed by atoms with Crippen LogP contribution in [0.3, 0.4) is 0 Å². The zero-order valence-corrected chi connectivity index (χ0v) is 18.8. The van der Waals surface area contributed by atoms with E-state index in [2.05, 4.69) is 12.1 Å². The van der Waals surface area contributed by atoms with Gasteiger partial charge in [-0.15, -0.1) is 0 Å². The SMILES string of the molecule is COc1ccc(C(C#N)c2c(S(=O)(=O)c3ccccc3)ccc3c2Cc2ccccc2-3)cc1. The fraction of sp³-hybridized carbons (Fsp3) is 0.107. The molecule has 0 radical (unpaired) electrons. The minimum absolute atomic E-state index is 0.183. The zero-order valence-electron chi connectivity index (χ0n) is 18.0. The van der Waals surface area contributed by atoms with Crippen LogP contribution in [0.4, 0.5) is 0 Å². The van der Waals surface area contributed by atoms with Gasteiger partial charge >= 0.3 is 0 Å². The quantitative estimate of drug-likeness (QED) is 0.341. The van der Waals surface area contributed by atoms with Crippen LogP contribution in [0.15, 0.2) is 101 Å². The van der Waals surface area contributed by atoms with Crippen molar-refractivity contribution in [2.24, 2.45) is 0 Å². The molecule has 5 rings (SSSR count). The van der Waals surface area contributed by atoms with Crippen molar-refractivity contribution in [1.82, 2.24) is 0 Å². The van der Waals surface area contributed by atoms with E-state index in [1.54, 1.807) is 55.6 Å². The molecule has 0 amide bonds. The van der Waals surface area contributed by atoms with Gasteiger partial charge in [0.05, 0.1) is 28.9 Å². The number of sulfone groups is 1. The van der Waals surface area contributed by atoms with E-state index < -0.39 is 15.8 Å². The van der Waals surface area contributed by atoms with Crippen LogP contribution in [0.1, 0.15) is 28.2 Å². The van der Waals surface area contributed by atoms with E-state index in [9.17, 15) is 13.7 Å². The number of rotatable bonds is 5. The first-order chi connectivity index (χ1) is 16.0. The Morgan fingerprint density at radius 1 is 0.848 bits per heavy atom. The van der Waals surface area contributed by atoms with Crippen molar-refractivity contribution in [3.63, 3.8) is 0 Å². The van der Waals surface area contributed by atoms with Crippen LogP contribution in [0.25, 0.3) is 11.1 Å². The summed E-state index contributed by atoms with van der Waals surface area (Å²) < 4.78 is 32.8. The predicted molar refractivity (Wildman–Crippen MR) is 127 cm³/mol. The van der Waals surface area contributed by atoms with Crippen molar-refractivity contribution in [2.75, 3.05) is 7.11 Å². The molecule has 0 aliphatic heterocycles. The molecule has 33 heavy (non-hydrogen) atoms. The Labute approximate surface area is 193 Å². The van der Waals surface area contributed by atoms with Crippen LogP contribution < -0.4 is 4.74 Å². The summed E-state index contributed by atoms with van der Waals surface area (Å²) in [7, 11) is -2.24. The van der Waals surface area contributed by atoms with Crippen molar-refractivity contribution in [1.29, 1.82) is 5.26 Å². The molecule has 0 spiro atoms. The van der Waals surface area contributed by atoms with Gasteiger partial charge in [0.1, 0.15) is 5.75 Å². The van der Waals surface area contributed by atoms with Crippen LogP contribution in [-0.2, 0) is 16.3 Å². The molecule has 4 aromatic carbocycles. The van der Waals surface area contributed by atoms with Crippen molar-refractivity contribution >= 4 is 9.84 Å². The molecule has 1 aliphatic rings. The summed E-state index contributed by atoms with van der Waals surface area (Å²) in [6, 6.07) is 29.6. The van der Waals surface area contributed by atoms with Crippen molar-refractivity contribution in [3.8, 4) is 22.9 Å². The van der Waals surface area contributed by atoms with Gasteiger partial charge in [0.2, 0.25) is 9.84 Å². The van der Waals surface area contributed by atoms with Gasteiger partial charge in [0.25, 0.3) is 0 Å². The second kappa shape index (κ2) is 8.23. The molecule has 1 aliphatic carbocycles. The van der Waals surface area contributed by atoms with Crippen molar-refractivity contribution in [2.45, 2.75) is 22.1 Å². The topological polar surface area (TPSA) is 67.2 Å². The average molecular weight is 452 g/mol. The molecule has 0 saturated carbocycles. The highest BCUT2D eigenvalue weighted by Gasteiger charge is 2.33. The number of fused-ring (bicyclic) bond motifs is 3. The number of hydrogen-bond donors (Lipinski definition) is 0. The van der Waals surface area contributed by atoms with Crippen LogP contribution in [0.5, 0.6) is 5.75 Å². The maximum atomic E-state index is 13.8. The smallest absolute Gasteiger partial charge is 0.206 e. The van der Waals surface area contributed by atoms with Gasteiger partial charge in [0.15, 0.2) is 0 Å². The normalized spacial score (nSPS) is 13.0. The number of nitrogens with zero attached hydrogens (tertiary/aromatic N) is 1. The molecule has 1 atom stereocenters. The molecule has 0 bridgehead atoms. The van der Waals surface area contributed by atoms with Gasteiger partial charge < -0.3 is 4.74 Å². The Morgan fingerprint density at radius 2 is 1.55 bits per heavy atom. The summed E-state index contributed by atoms with van der Waals surface area (Å²) in [5.41, 5.74) is 5.39. The Balaban J connectivity index is 1.78. The Hall–Kier alpha value is -3.88. The van der Waals surface area contributed by atoms with Gasteiger partial charge in [-0.2, -0.15) is 5.26 Å². The first-order valence-corrected chi connectivity index (χ1v) is 12.1. The lowest BCUT2D eigenvalue weighted by Crippen LogP contribution is -2.12. The van der Waals surface area contributed by atoms with Gasteiger partial charge in [-0.25, -0.2) is 8.42 Å². The fourth-order valence-electron chi connectivity index (χ4n) is 4.59. The van der Waals surface area contributed by atoms with E-state index in [0.29, 0.717) is 17.7 Å². The summed E-state index contributed by atoms with van der Waals surface area (Å²) in [5.74, 6) is -0.0630. The maximum absolute atomic E-state index is 13.8. The first kappa shape index (κ1) is 21.0. The third-order valence-electron chi connectivity index (χ3n) is 6.20. The Kier molecular flexibility index (Phi) is 5.24. The van der Waals surface area contributed by atoms with E-state index in [0.717, 1.165) is 27.8 Å². The van der Waals surface area contributed by atoms with Crippen LogP contribution in [0.2, 0.25) is 0 Å². The highest BCUT2D eigenvalue weighted by Crippen LogP contribution is 2.45. The second-order valence-corrected chi connectivity index (χ2v) is 9.91. The van der Waals surface area contributed by atoms with E-state index in [-0.39, 0.29) is 9.79 Å². The number of nitriles is 1. The number of methoxy groups -OCH3 is 1. The number of benzene rings is 4. The molecule has 0 aromatic heterocycles. The summed E-state index contributed by atoms with van der Waals surface area (Å²) in [5, 5.41) is 10.3. The molecule has 0 fully saturated rings. The Morgan fingerprint density at radius 3 is 2.24 bits per heavy atom. The van der Waals surface area contributed by atoms with Gasteiger partial charge in [-0.3, -0.25) is 0 Å². The van der Waals surface area contributed by atoms with Gasteiger partial charge in [-0.1, -0.05) is 60.7 Å². The number of hydrogen-bond acceptors (Lipinski definition) is 4. The fourth-order valence-corrected chi connectivity index (χ4v) is 6.14. The molecule has 1 unspecified atom stereocenters. The standard InChI is InChI=1S/C28H21NO3S/c1-32-21-13-11-19(12-14-21)26(18-29)28-25-17-20-7-5-6-10-23(20)24(25)15-16-27(28)33(30,31)22-8-3-2-4-9-22/h2-16,26H,17H2,1H3. The minimum Gasteiger partial charge on any atom is -0.497 e. The highest BCUT2D eigenvalue weighted by molar-refractivity contribution is 7.91. The molecule has 4 aromatic rings. The first-order valence-electron chi connectivity index (χ1n) is 10.6. The molecule has 0 saturated heterocycles. The third kappa shape index (κ3) is 3.49. The molecule has 0 heterocycles. The van der Waals surface area contributed by atoms with Crippen LogP contribution >= 0.6 is 0 Å². The summed E-state index contributed by atoms with van der Waals surface area (Å²) in [6.07, 6.45) is 0.591. The van der Waals surface area contributed by atoms with Crippen molar-refractivity contribution in [3.05, 3.63) is 113 Å².